The van der Waals surface area contributed by atoms with Gasteiger partial charge in [-0.2, -0.15) is 0 Å². The molecule has 2 rings (SSSR count). The van der Waals surface area contributed by atoms with E-state index in [0.717, 1.165) is 24.8 Å². The summed E-state index contributed by atoms with van der Waals surface area (Å²) in [7, 11) is 0. The molecule has 1 aromatic carbocycles. The molecule has 0 saturated carbocycles. The fraction of sp³-hybridized carbons (Fsp3) is 0.619. The Labute approximate surface area is 164 Å². The maximum absolute atomic E-state index is 5.69. The number of benzene rings is 1. The molecule has 0 atom stereocenters. The molecule has 4 nitrogen and oxygen atoms in total. The highest BCUT2D eigenvalue weighted by molar-refractivity contribution is 5.85. The Bertz CT molecular complexity index is 583. The van der Waals surface area contributed by atoms with Gasteiger partial charge in [0.25, 0.3) is 0 Å². The van der Waals surface area contributed by atoms with E-state index in [1.807, 2.05) is 0 Å². The highest BCUT2D eigenvalue weighted by Crippen LogP contribution is 2.20. The van der Waals surface area contributed by atoms with Crippen molar-refractivity contribution in [1.82, 2.24) is 10.2 Å². The van der Waals surface area contributed by atoms with Crippen LogP contribution in [-0.4, -0.2) is 16.7 Å². The number of aromatic nitrogens is 2. The first kappa shape index (κ1) is 22.7. The zero-order valence-corrected chi connectivity index (χ0v) is 16.9. The fourth-order valence-corrected chi connectivity index (χ4v) is 3.00. The molecule has 0 radical (unpaired) electrons. The zero-order valence-electron chi connectivity index (χ0n) is 16.1. The van der Waals surface area contributed by atoms with Crippen LogP contribution in [0.15, 0.2) is 28.7 Å². The third-order valence-electron chi connectivity index (χ3n) is 4.58. The molecule has 0 saturated heterocycles. The van der Waals surface area contributed by atoms with Crippen LogP contribution in [0.3, 0.4) is 0 Å². The monoisotopic (exact) mass is 379 g/mol. The standard InChI is InChI=1S/C21H33N3O.ClH/c1-2-3-4-5-6-7-8-9-11-18-13-15-19(16-14-18)21-24-23-20(25-21)12-10-17-22;/h13-16H,2-12,17,22H2,1H3;1H. The Morgan fingerprint density at radius 3 is 2.12 bits per heavy atom. The van der Waals surface area contributed by atoms with E-state index in [2.05, 4.69) is 41.4 Å². The first-order valence-corrected chi connectivity index (χ1v) is 9.95. The van der Waals surface area contributed by atoms with Crippen LogP contribution in [0.1, 0.15) is 76.2 Å². The molecule has 5 heteroatoms. The van der Waals surface area contributed by atoms with E-state index >= 15 is 0 Å². The number of halogens is 1. The molecule has 0 bridgehead atoms. The Morgan fingerprint density at radius 1 is 0.808 bits per heavy atom. The summed E-state index contributed by atoms with van der Waals surface area (Å²) in [5.41, 5.74) is 7.89. The highest BCUT2D eigenvalue weighted by Gasteiger charge is 2.08. The SMILES string of the molecule is CCCCCCCCCCc1ccc(-c2nnc(CCCN)o2)cc1.Cl. The summed E-state index contributed by atoms with van der Waals surface area (Å²) in [6, 6.07) is 8.53. The summed E-state index contributed by atoms with van der Waals surface area (Å²) < 4.78 is 5.69. The van der Waals surface area contributed by atoms with Crippen molar-refractivity contribution in [1.29, 1.82) is 0 Å². The molecule has 0 aliphatic carbocycles. The van der Waals surface area contributed by atoms with Crippen LogP contribution in [0, 0.1) is 0 Å². The van der Waals surface area contributed by atoms with E-state index < -0.39 is 0 Å². The van der Waals surface area contributed by atoms with Crippen LogP contribution in [0.4, 0.5) is 0 Å². The van der Waals surface area contributed by atoms with Crippen LogP contribution in [0.25, 0.3) is 11.5 Å². The van der Waals surface area contributed by atoms with Gasteiger partial charge in [-0.3, -0.25) is 0 Å². The van der Waals surface area contributed by atoms with Gasteiger partial charge in [-0.15, -0.1) is 22.6 Å². The molecule has 0 aliphatic heterocycles. The van der Waals surface area contributed by atoms with E-state index in [4.69, 9.17) is 10.2 Å². The predicted molar refractivity (Wildman–Crippen MR) is 111 cm³/mol. The van der Waals surface area contributed by atoms with E-state index in [9.17, 15) is 0 Å². The lowest BCUT2D eigenvalue weighted by atomic mass is 10.0. The van der Waals surface area contributed by atoms with Gasteiger partial charge in [0.1, 0.15) is 0 Å². The number of hydrogen-bond donors (Lipinski definition) is 1. The summed E-state index contributed by atoms with van der Waals surface area (Å²) in [6.45, 7) is 2.91. The van der Waals surface area contributed by atoms with Gasteiger partial charge in [-0.1, -0.05) is 64.0 Å². The number of nitrogens with zero attached hydrogens (tertiary/aromatic N) is 2. The van der Waals surface area contributed by atoms with Crippen LogP contribution in [0.2, 0.25) is 0 Å². The minimum atomic E-state index is 0. The number of hydrogen-bond acceptors (Lipinski definition) is 4. The molecule has 0 amide bonds. The van der Waals surface area contributed by atoms with Gasteiger partial charge < -0.3 is 10.2 Å². The van der Waals surface area contributed by atoms with Crippen molar-refractivity contribution in [3.05, 3.63) is 35.7 Å². The number of rotatable bonds is 13. The Hall–Kier alpha value is -1.39. The van der Waals surface area contributed by atoms with Crippen LogP contribution in [-0.2, 0) is 12.8 Å². The molecule has 0 aliphatic rings. The molecular formula is C21H34ClN3O. The summed E-state index contributed by atoms with van der Waals surface area (Å²) >= 11 is 0. The van der Waals surface area contributed by atoms with E-state index in [0.29, 0.717) is 18.3 Å². The Kier molecular flexibility index (Phi) is 12.0. The largest absolute Gasteiger partial charge is 0.421 e. The average molecular weight is 380 g/mol. The maximum atomic E-state index is 5.69. The molecule has 1 heterocycles. The zero-order chi connectivity index (χ0) is 17.7. The first-order valence-electron chi connectivity index (χ1n) is 9.95. The third-order valence-corrected chi connectivity index (χ3v) is 4.58. The van der Waals surface area contributed by atoms with Crippen molar-refractivity contribution < 1.29 is 4.42 Å². The lowest BCUT2D eigenvalue weighted by Gasteiger charge is -2.03. The quantitative estimate of drug-likeness (QED) is 0.451. The van der Waals surface area contributed by atoms with Gasteiger partial charge in [0.2, 0.25) is 11.8 Å². The molecule has 2 aromatic rings. The topological polar surface area (TPSA) is 64.9 Å². The van der Waals surface area contributed by atoms with Crippen molar-refractivity contribution in [3.8, 4) is 11.5 Å². The minimum Gasteiger partial charge on any atom is -0.421 e. The van der Waals surface area contributed by atoms with Gasteiger partial charge in [-0.25, -0.2) is 0 Å². The molecule has 26 heavy (non-hydrogen) atoms. The molecule has 2 N–H and O–H groups in total. The summed E-state index contributed by atoms with van der Waals surface area (Å²) in [6.07, 6.45) is 13.7. The molecular weight excluding hydrogens is 346 g/mol. The fourth-order valence-electron chi connectivity index (χ4n) is 3.00. The normalized spacial score (nSPS) is 10.7. The Balaban J connectivity index is 0.00000338. The Morgan fingerprint density at radius 2 is 1.46 bits per heavy atom. The first-order chi connectivity index (χ1) is 12.3. The lowest BCUT2D eigenvalue weighted by molar-refractivity contribution is 0.499. The molecule has 146 valence electrons. The van der Waals surface area contributed by atoms with Gasteiger partial charge in [0, 0.05) is 12.0 Å². The smallest absolute Gasteiger partial charge is 0.247 e. The van der Waals surface area contributed by atoms with Crippen molar-refractivity contribution in [2.24, 2.45) is 5.73 Å². The van der Waals surface area contributed by atoms with E-state index in [-0.39, 0.29) is 12.4 Å². The van der Waals surface area contributed by atoms with Crippen molar-refractivity contribution in [3.63, 3.8) is 0 Å². The van der Waals surface area contributed by atoms with Gasteiger partial charge in [0.05, 0.1) is 0 Å². The number of aryl methyl sites for hydroxylation is 2. The van der Waals surface area contributed by atoms with Crippen LogP contribution >= 0.6 is 12.4 Å². The second-order valence-corrected chi connectivity index (χ2v) is 6.81. The van der Waals surface area contributed by atoms with Gasteiger partial charge in [-0.05, 0) is 43.5 Å². The number of nitrogens with two attached hydrogens (primary N) is 1. The third kappa shape index (κ3) is 8.33. The molecule has 0 fully saturated rings. The van der Waals surface area contributed by atoms with Gasteiger partial charge in [0.15, 0.2) is 0 Å². The summed E-state index contributed by atoms with van der Waals surface area (Å²) in [5, 5.41) is 8.21. The average Bonchev–Trinajstić information content (AvgIpc) is 3.11. The maximum Gasteiger partial charge on any atom is 0.247 e. The minimum absolute atomic E-state index is 0. The van der Waals surface area contributed by atoms with Crippen LogP contribution < -0.4 is 5.73 Å². The highest BCUT2D eigenvalue weighted by atomic mass is 35.5. The lowest BCUT2D eigenvalue weighted by Crippen LogP contribution is -2.00. The molecule has 0 spiro atoms. The number of unbranched alkanes of at least 4 members (excludes halogenated alkanes) is 7. The van der Waals surface area contributed by atoms with Gasteiger partial charge >= 0.3 is 0 Å². The summed E-state index contributed by atoms with van der Waals surface area (Å²) in [4.78, 5) is 0. The molecule has 1 aromatic heterocycles. The van der Waals surface area contributed by atoms with Crippen molar-refractivity contribution >= 4 is 12.4 Å². The second-order valence-electron chi connectivity index (χ2n) is 6.81. The van der Waals surface area contributed by atoms with Crippen molar-refractivity contribution in [2.75, 3.05) is 6.54 Å². The summed E-state index contributed by atoms with van der Waals surface area (Å²) in [5.74, 6) is 1.27. The van der Waals surface area contributed by atoms with Crippen molar-refractivity contribution in [2.45, 2.75) is 77.6 Å². The van der Waals surface area contributed by atoms with E-state index in [1.54, 1.807) is 0 Å². The van der Waals surface area contributed by atoms with E-state index in [1.165, 1.54) is 56.9 Å². The second kappa shape index (κ2) is 13.8. The predicted octanol–water partition coefficient (Wildman–Crippen LogP) is 5.73. The van der Waals surface area contributed by atoms with Crippen LogP contribution in [0.5, 0.6) is 0 Å². The molecule has 0 unspecified atom stereocenters.